The van der Waals surface area contributed by atoms with Crippen molar-refractivity contribution in [2.24, 2.45) is 0 Å². The second-order valence-corrected chi connectivity index (χ2v) is 7.42. The minimum absolute atomic E-state index is 0.289. The van der Waals surface area contributed by atoms with Gasteiger partial charge in [-0.25, -0.2) is 4.98 Å². The van der Waals surface area contributed by atoms with Crippen molar-refractivity contribution in [2.45, 2.75) is 6.92 Å². The molecule has 134 valence electrons. The maximum absolute atomic E-state index is 12.5. The van der Waals surface area contributed by atoms with Gasteiger partial charge in [-0.15, -0.1) is 0 Å². The van der Waals surface area contributed by atoms with Gasteiger partial charge in [-0.05, 0) is 55.0 Å². The fraction of sp³-hybridized carbons (Fsp3) is 0.0476. The summed E-state index contributed by atoms with van der Waals surface area (Å²) in [6.07, 6.45) is 0. The molecule has 0 aliphatic carbocycles. The molecule has 0 saturated heterocycles. The lowest BCUT2D eigenvalue weighted by molar-refractivity contribution is 0.102. The second kappa shape index (κ2) is 7.18. The van der Waals surface area contributed by atoms with Gasteiger partial charge in [0.25, 0.3) is 5.91 Å². The third-order valence-electron chi connectivity index (χ3n) is 4.19. The minimum atomic E-state index is -0.289. The molecule has 1 amide bonds. The third-order valence-corrected chi connectivity index (χ3v) is 5.02. The zero-order chi connectivity index (χ0) is 19.0. The van der Waals surface area contributed by atoms with Crippen LogP contribution in [0.5, 0.6) is 0 Å². The largest absolute Gasteiger partial charge is 0.436 e. The normalized spacial score (nSPS) is 10.9. The SMILES string of the molecule is Cc1ccccc1-c1nc2cc(NC(=O)c3cc(Br)ccc3Cl)ccc2o1. The summed E-state index contributed by atoms with van der Waals surface area (Å²) in [7, 11) is 0. The summed E-state index contributed by atoms with van der Waals surface area (Å²) in [5.74, 6) is 0.268. The Morgan fingerprint density at radius 1 is 1.11 bits per heavy atom. The van der Waals surface area contributed by atoms with Crippen LogP contribution in [0.4, 0.5) is 5.69 Å². The number of aryl methyl sites for hydroxylation is 1. The summed E-state index contributed by atoms with van der Waals surface area (Å²) < 4.78 is 6.65. The molecule has 0 saturated carbocycles. The molecule has 4 nitrogen and oxygen atoms in total. The highest BCUT2D eigenvalue weighted by atomic mass is 79.9. The zero-order valence-electron chi connectivity index (χ0n) is 14.3. The molecule has 4 aromatic rings. The molecule has 6 heteroatoms. The van der Waals surface area contributed by atoms with Gasteiger partial charge in [0.1, 0.15) is 5.52 Å². The van der Waals surface area contributed by atoms with Crippen LogP contribution in [0, 0.1) is 6.92 Å². The molecule has 3 aromatic carbocycles. The highest BCUT2D eigenvalue weighted by Crippen LogP contribution is 2.28. The van der Waals surface area contributed by atoms with Gasteiger partial charge in [0.05, 0.1) is 10.6 Å². The first kappa shape index (κ1) is 17.8. The quantitative estimate of drug-likeness (QED) is 0.396. The van der Waals surface area contributed by atoms with E-state index in [0.29, 0.717) is 33.3 Å². The Bertz CT molecular complexity index is 1170. The zero-order valence-corrected chi connectivity index (χ0v) is 16.6. The molecule has 1 N–H and O–H groups in total. The van der Waals surface area contributed by atoms with Crippen molar-refractivity contribution in [1.82, 2.24) is 4.98 Å². The van der Waals surface area contributed by atoms with Crippen molar-refractivity contribution < 1.29 is 9.21 Å². The Kier molecular flexibility index (Phi) is 4.72. The van der Waals surface area contributed by atoms with Crippen molar-refractivity contribution in [3.05, 3.63) is 81.3 Å². The third kappa shape index (κ3) is 3.61. The van der Waals surface area contributed by atoms with Crippen LogP contribution >= 0.6 is 27.5 Å². The van der Waals surface area contributed by atoms with Gasteiger partial charge in [0.2, 0.25) is 5.89 Å². The van der Waals surface area contributed by atoms with Crippen LogP contribution in [0.25, 0.3) is 22.6 Å². The number of nitrogens with zero attached hydrogens (tertiary/aromatic N) is 1. The van der Waals surface area contributed by atoms with Crippen LogP contribution in [0.15, 0.2) is 69.6 Å². The summed E-state index contributed by atoms with van der Waals surface area (Å²) in [5.41, 5.74) is 4.38. The van der Waals surface area contributed by atoms with Crippen LogP contribution in [0.2, 0.25) is 5.02 Å². The molecule has 0 unspecified atom stereocenters. The van der Waals surface area contributed by atoms with Crippen molar-refractivity contribution in [3.63, 3.8) is 0 Å². The Morgan fingerprint density at radius 3 is 2.74 bits per heavy atom. The molecule has 1 aromatic heterocycles. The van der Waals surface area contributed by atoms with Gasteiger partial charge in [0.15, 0.2) is 5.58 Å². The molecule has 0 bridgehead atoms. The summed E-state index contributed by atoms with van der Waals surface area (Å²) in [4.78, 5) is 17.1. The van der Waals surface area contributed by atoms with Crippen molar-refractivity contribution in [2.75, 3.05) is 5.32 Å². The number of hydrogen-bond donors (Lipinski definition) is 1. The van der Waals surface area contributed by atoms with Crippen LogP contribution in [-0.4, -0.2) is 10.9 Å². The number of carbonyl (C=O) groups excluding carboxylic acids is 1. The van der Waals surface area contributed by atoms with E-state index in [0.717, 1.165) is 15.6 Å². The topological polar surface area (TPSA) is 55.1 Å². The average molecular weight is 442 g/mol. The van der Waals surface area contributed by atoms with Crippen LogP contribution in [-0.2, 0) is 0 Å². The Hall–Kier alpha value is -2.63. The molecule has 0 spiro atoms. The molecule has 0 radical (unpaired) electrons. The maximum atomic E-state index is 12.5. The van der Waals surface area contributed by atoms with Gasteiger partial charge in [0, 0.05) is 15.7 Å². The molecule has 27 heavy (non-hydrogen) atoms. The summed E-state index contributed by atoms with van der Waals surface area (Å²) in [5, 5.41) is 3.24. The number of benzene rings is 3. The molecule has 0 aliphatic heterocycles. The summed E-state index contributed by atoms with van der Waals surface area (Å²) in [6.45, 7) is 2.01. The molecule has 4 rings (SSSR count). The second-order valence-electron chi connectivity index (χ2n) is 6.09. The number of aromatic nitrogens is 1. The lowest BCUT2D eigenvalue weighted by Gasteiger charge is -2.07. The van der Waals surface area contributed by atoms with Gasteiger partial charge < -0.3 is 9.73 Å². The Labute approximate surface area is 169 Å². The predicted octanol–water partition coefficient (Wildman–Crippen LogP) is 6.47. The number of anilines is 1. The van der Waals surface area contributed by atoms with E-state index in [4.69, 9.17) is 16.0 Å². The number of amides is 1. The van der Waals surface area contributed by atoms with E-state index in [1.54, 1.807) is 36.4 Å². The minimum Gasteiger partial charge on any atom is -0.436 e. The first-order valence-corrected chi connectivity index (χ1v) is 9.41. The average Bonchev–Trinajstić information content (AvgIpc) is 3.07. The number of carbonyl (C=O) groups is 1. The monoisotopic (exact) mass is 440 g/mol. The number of nitrogens with one attached hydrogen (secondary N) is 1. The number of fused-ring (bicyclic) bond motifs is 1. The number of oxazole rings is 1. The fourth-order valence-corrected chi connectivity index (χ4v) is 3.37. The standard InChI is InChI=1S/C21H14BrClN2O2/c1-12-4-2-3-5-15(12)21-25-18-11-14(7-9-19(18)27-21)24-20(26)16-10-13(22)6-8-17(16)23/h2-11H,1H3,(H,24,26). The highest BCUT2D eigenvalue weighted by Gasteiger charge is 2.14. The van der Waals surface area contributed by atoms with Crippen molar-refractivity contribution in [3.8, 4) is 11.5 Å². The van der Waals surface area contributed by atoms with Crippen LogP contribution in [0.3, 0.4) is 0 Å². The van der Waals surface area contributed by atoms with Crippen molar-refractivity contribution >= 4 is 50.2 Å². The maximum Gasteiger partial charge on any atom is 0.257 e. The van der Waals surface area contributed by atoms with Gasteiger partial charge in [-0.2, -0.15) is 0 Å². The molecule has 0 aliphatic rings. The van der Waals surface area contributed by atoms with Crippen LogP contribution in [0.1, 0.15) is 15.9 Å². The smallest absolute Gasteiger partial charge is 0.257 e. The predicted molar refractivity (Wildman–Crippen MR) is 111 cm³/mol. The van der Waals surface area contributed by atoms with Gasteiger partial charge in [-0.1, -0.05) is 45.7 Å². The van der Waals surface area contributed by atoms with Crippen molar-refractivity contribution in [1.29, 1.82) is 0 Å². The van der Waals surface area contributed by atoms with Gasteiger partial charge >= 0.3 is 0 Å². The van der Waals surface area contributed by atoms with E-state index in [9.17, 15) is 4.79 Å². The number of hydrogen-bond acceptors (Lipinski definition) is 3. The Balaban J connectivity index is 1.65. The molecule has 0 fully saturated rings. The van der Waals surface area contributed by atoms with Gasteiger partial charge in [-0.3, -0.25) is 4.79 Å². The molecular weight excluding hydrogens is 428 g/mol. The van der Waals surface area contributed by atoms with E-state index in [2.05, 4.69) is 26.2 Å². The molecular formula is C21H14BrClN2O2. The Morgan fingerprint density at radius 2 is 1.93 bits per heavy atom. The lowest BCUT2D eigenvalue weighted by atomic mass is 10.1. The summed E-state index contributed by atoms with van der Waals surface area (Å²) in [6, 6.07) is 18.4. The highest BCUT2D eigenvalue weighted by molar-refractivity contribution is 9.10. The number of halogens is 2. The van der Waals surface area contributed by atoms with E-state index >= 15 is 0 Å². The van der Waals surface area contributed by atoms with Crippen LogP contribution < -0.4 is 5.32 Å². The van der Waals surface area contributed by atoms with E-state index in [-0.39, 0.29) is 5.91 Å². The molecule has 1 heterocycles. The lowest BCUT2D eigenvalue weighted by Crippen LogP contribution is -2.12. The van der Waals surface area contributed by atoms with E-state index < -0.39 is 0 Å². The molecule has 0 atom stereocenters. The van der Waals surface area contributed by atoms with E-state index in [1.807, 2.05) is 31.2 Å². The first-order chi connectivity index (χ1) is 13.0. The first-order valence-electron chi connectivity index (χ1n) is 8.24. The summed E-state index contributed by atoms with van der Waals surface area (Å²) >= 11 is 9.48. The fourth-order valence-electron chi connectivity index (χ4n) is 2.80. The van der Waals surface area contributed by atoms with E-state index in [1.165, 1.54) is 0 Å². The number of rotatable bonds is 3.